The van der Waals surface area contributed by atoms with E-state index in [9.17, 15) is 98.6 Å². The van der Waals surface area contributed by atoms with Crippen LogP contribution in [0.3, 0.4) is 0 Å². The fraction of sp³-hybridized carbons (Fsp3) is 0.221. The number of nitrogen functional groups attached to an aromatic ring is 1. The third-order valence-corrected chi connectivity index (χ3v) is 15.1. The van der Waals surface area contributed by atoms with Gasteiger partial charge in [0.15, 0.2) is 28.4 Å². The van der Waals surface area contributed by atoms with Crippen LogP contribution in [0, 0.1) is 11.6 Å². The predicted molar refractivity (Wildman–Crippen MR) is 413 cm³/mol. The lowest BCUT2D eigenvalue weighted by Gasteiger charge is -2.09. The molecule has 0 aliphatic heterocycles. The van der Waals surface area contributed by atoms with Crippen molar-refractivity contribution in [1.29, 1.82) is 0 Å². The largest absolute Gasteiger partial charge is 0.573 e. The molecule has 0 bridgehead atoms. The molecule has 48 heteroatoms. The molecule has 0 spiro atoms. The first-order valence-electron chi connectivity index (χ1n) is 34.8. The number of aliphatic hydroxyl groups excluding tert-OH is 1. The number of benzene rings is 7. The number of amides is 1. The summed E-state index contributed by atoms with van der Waals surface area (Å²) in [6, 6.07) is 40.9. The number of methoxy groups -OCH3 is 1. The SMILES string of the molecule is CCOC(=O)/C(Cl)=N/Nc1ccc(OC(F)(F)F)cc1.CCOC(=O)C(Cl)C(C)=O.CCOC(=O)c1ccn(-c2ccc(OC(F)(F)F)cc2)n1.COc1ccc(N)cc1.FC(F)(F)Oc1ccc(-n2ccc(CCl)n2)cc1.NC(=O)c1c(F)ccc(OCc2ccn(-c3ccc(OC(F)(F)F)cc3)n2)c1F.OCc1ccn(-c2ccc(OC(F)(F)F)cc2)n1. The molecule has 0 aliphatic rings. The van der Waals surface area contributed by atoms with Gasteiger partial charge >= 0.3 is 49.7 Å². The van der Waals surface area contributed by atoms with Crippen molar-refractivity contribution >= 4 is 80.9 Å². The highest BCUT2D eigenvalue weighted by atomic mass is 35.5. The van der Waals surface area contributed by atoms with Gasteiger partial charge in [-0.3, -0.25) is 15.0 Å². The Morgan fingerprint density at radius 3 is 1.20 bits per heavy atom. The maximum Gasteiger partial charge on any atom is 0.573 e. The summed E-state index contributed by atoms with van der Waals surface area (Å²) in [6.07, 6.45) is -17.4. The van der Waals surface area contributed by atoms with Gasteiger partial charge in [-0.05, 0) is 210 Å². The number of hydrazone groups is 1. The molecule has 1 amide bonds. The number of carbonyl (C=O) groups is 5. The fourth-order valence-electron chi connectivity index (χ4n) is 8.82. The number of hydrogen-bond acceptors (Lipinski definition) is 23. The quantitative estimate of drug-likeness (QED) is 0.00603. The summed E-state index contributed by atoms with van der Waals surface area (Å²) in [7, 11) is 1.63. The van der Waals surface area contributed by atoms with Gasteiger partial charge in [0.25, 0.3) is 5.91 Å². The Bertz CT molecular complexity index is 5140. The molecule has 0 aliphatic carbocycles. The first-order valence-corrected chi connectivity index (χ1v) is 36.2. The number of nitrogens with one attached hydrogen (secondary N) is 1. The molecule has 7 aromatic carbocycles. The molecule has 4 heterocycles. The lowest BCUT2D eigenvalue weighted by atomic mass is 10.1. The van der Waals surface area contributed by atoms with Gasteiger partial charge in [-0.1, -0.05) is 11.6 Å². The summed E-state index contributed by atoms with van der Waals surface area (Å²) in [4.78, 5) is 54.7. The number of hydrogen-bond donors (Lipinski definition) is 4. The second kappa shape index (κ2) is 48.3. The van der Waals surface area contributed by atoms with Crippen molar-refractivity contribution in [2.75, 3.05) is 38.1 Å². The standard InChI is InChI=1S/C18H12F5N3O3.C13H11F3N2O3.C11H10ClF3N2O3.C11H8ClF3N2O.C11H9F3N2O2.C7H9NO.C6H9ClO3/c19-13-5-6-14(16(20)15(13)17(24)27)28-9-10-7-8-26(25-10)11-1-3-12(4-2-11)29-18(21,22)23;1-2-20-12(19)11-7-8-18(17-11)9-3-5-10(6-4-9)21-13(14,15)16;1-2-19-10(18)9(12)17-16-7-3-5-8(6-4-7)20-11(13,14)15;12-7-8-5-6-17(16-8)9-1-3-10(4-2-9)18-11(13,14)15;12-11(13,14)18-10-3-1-9(2-4-10)16-6-5-8(7-17)15-16;1-9-7-4-2-6(8)3-5-7;1-3-10-6(9)5(7)4(2)8/h1-8H,9H2,(H2,24,27);3-8H,2H2,1H3;3-6,16H,2H2,1H3;1-6H,7H2;1-6,17H,7H2;2-5H,8H2,1H3;5H,3H2,1-2H3/b;;17-9-;;;;. The van der Waals surface area contributed by atoms with Crippen LogP contribution in [0.5, 0.6) is 40.2 Å². The fourth-order valence-corrected chi connectivity index (χ4v) is 9.12. The Kier molecular flexibility index (Phi) is 39.4. The van der Waals surface area contributed by atoms with Gasteiger partial charge in [-0.15, -0.1) is 89.1 Å². The molecule has 0 radical (unpaired) electrons. The lowest BCUT2D eigenvalue weighted by molar-refractivity contribution is -0.275. The van der Waals surface area contributed by atoms with Gasteiger partial charge in [0.05, 0.1) is 79.2 Å². The minimum atomic E-state index is -4.79. The van der Waals surface area contributed by atoms with Gasteiger partial charge in [-0.25, -0.2) is 41.9 Å². The number of aromatic nitrogens is 8. The van der Waals surface area contributed by atoms with Crippen LogP contribution in [-0.4, -0.2) is 143 Å². The average Bonchev–Trinajstić information content (AvgIpc) is 1.71. The second-order valence-electron chi connectivity index (χ2n) is 23.3. The summed E-state index contributed by atoms with van der Waals surface area (Å²) in [5.74, 6) is -6.94. The van der Waals surface area contributed by atoms with Crippen molar-refractivity contribution < 1.29 is 151 Å². The molecule has 11 rings (SSSR count). The topological polar surface area (TPSA) is 346 Å². The zero-order chi connectivity index (χ0) is 93.0. The number of aliphatic hydroxyl groups is 1. The number of halogens is 20. The van der Waals surface area contributed by atoms with E-state index in [1.807, 2.05) is 12.1 Å². The molecular weight excluding hydrogens is 1780 g/mol. The molecular formula is C77H68Cl3F17N12O16. The summed E-state index contributed by atoms with van der Waals surface area (Å²) >= 11 is 16.4. The number of esters is 3. The van der Waals surface area contributed by atoms with E-state index < -0.39 is 83.4 Å². The number of alkyl halides is 17. The van der Waals surface area contributed by atoms with Crippen molar-refractivity contribution in [2.45, 2.75) is 84.0 Å². The molecule has 11 aromatic rings. The van der Waals surface area contributed by atoms with E-state index >= 15 is 0 Å². The molecule has 4 aromatic heterocycles. The molecule has 6 N–H and O–H groups in total. The highest BCUT2D eigenvalue weighted by Gasteiger charge is 2.35. The number of anilines is 2. The zero-order valence-corrected chi connectivity index (χ0v) is 67.0. The van der Waals surface area contributed by atoms with E-state index in [1.165, 1.54) is 135 Å². The van der Waals surface area contributed by atoms with Gasteiger partial charge in [-0.2, -0.15) is 25.5 Å². The van der Waals surface area contributed by atoms with Gasteiger partial charge in [0.1, 0.15) is 58.2 Å². The van der Waals surface area contributed by atoms with Crippen molar-refractivity contribution in [2.24, 2.45) is 10.8 Å². The highest BCUT2D eigenvalue weighted by Crippen LogP contribution is 2.31. The smallest absolute Gasteiger partial charge is 0.497 e. The summed E-state index contributed by atoms with van der Waals surface area (Å²) in [6.45, 7) is 6.39. The van der Waals surface area contributed by atoms with E-state index in [-0.39, 0.29) is 84.9 Å². The van der Waals surface area contributed by atoms with Crippen LogP contribution in [-0.2, 0) is 47.7 Å². The Balaban J connectivity index is 0.000000266. The highest BCUT2D eigenvalue weighted by molar-refractivity contribution is 6.82. The summed E-state index contributed by atoms with van der Waals surface area (Å²) in [5, 5.41) is 27.1. The van der Waals surface area contributed by atoms with E-state index in [2.05, 4.69) is 64.1 Å². The monoisotopic (exact) mass is 1840 g/mol. The number of ether oxygens (including phenoxy) is 10. The number of nitrogens with two attached hydrogens (primary N) is 2. The van der Waals surface area contributed by atoms with Crippen molar-refractivity contribution in [3.05, 3.63) is 247 Å². The van der Waals surface area contributed by atoms with Crippen LogP contribution in [0.25, 0.3) is 22.7 Å². The lowest BCUT2D eigenvalue weighted by Crippen LogP contribution is -2.24. The van der Waals surface area contributed by atoms with Crippen molar-refractivity contribution in [3.8, 4) is 63.0 Å². The maximum absolute atomic E-state index is 14.1. The van der Waals surface area contributed by atoms with Gasteiger partial charge in [0.2, 0.25) is 5.17 Å². The molecule has 0 fully saturated rings. The number of carbonyl (C=O) groups excluding carboxylic acids is 5. The van der Waals surface area contributed by atoms with E-state index in [4.69, 9.17) is 65.6 Å². The first kappa shape index (κ1) is 102. The van der Waals surface area contributed by atoms with E-state index in [1.54, 1.807) is 64.5 Å². The Morgan fingerprint density at radius 1 is 0.488 bits per heavy atom. The molecule has 1 unspecified atom stereocenters. The third-order valence-electron chi connectivity index (χ3n) is 14.1. The number of ketones is 1. The van der Waals surface area contributed by atoms with Crippen molar-refractivity contribution in [1.82, 2.24) is 39.1 Å². The van der Waals surface area contributed by atoms with Crippen LogP contribution >= 0.6 is 34.8 Å². The molecule has 0 saturated heterocycles. The van der Waals surface area contributed by atoms with Gasteiger partial charge in [0, 0.05) is 30.5 Å². The number of nitrogens with zero attached hydrogens (tertiary/aromatic N) is 9. The summed E-state index contributed by atoms with van der Waals surface area (Å²) < 4.78 is 256. The maximum atomic E-state index is 14.1. The molecule has 1 atom stereocenters. The van der Waals surface area contributed by atoms with Crippen LogP contribution in [0.4, 0.5) is 86.0 Å². The minimum absolute atomic E-state index is 0.118. The minimum Gasteiger partial charge on any atom is -0.497 e. The predicted octanol–water partition coefficient (Wildman–Crippen LogP) is 17.6. The van der Waals surface area contributed by atoms with Crippen molar-refractivity contribution in [3.63, 3.8) is 0 Å². The first-order chi connectivity index (χ1) is 58.7. The Hall–Kier alpha value is -13.6. The molecule has 672 valence electrons. The zero-order valence-electron chi connectivity index (χ0n) is 64.8. The van der Waals surface area contributed by atoms with E-state index in [0.717, 1.165) is 60.0 Å². The molecule has 28 nitrogen and oxygen atoms in total. The number of primary amides is 1. The van der Waals surface area contributed by atoms with Crippen LogP contribution < -0.4 is 50.1 Å². The third kappa shape index (κ3) is 37.8. The van der Waals surface area contributed by atoms with Gasteiger partial charge < -0.3 is 63.9 Å². The average molecular weight is 1850 g/mol. The van der Waals surface area contributed by atoms with Crippen LogP contribution in [0.1, 0.15) is 65.6 Å². The number of Topliss-reactive ketones (excluding diaryl/α,β-unsaturated/α-hetero) is 1. The van der Waals surface area contributed by atoms with Crippen LogP contribution in [0.2, 0.25) is 0 Å². The number of rotatable bonds is 25. The Labute approximate surface area is 710 Å². The molecule has 125 heavy (non-hydrogen) atoms. The molecule has 0 saturated carbocycles. The second-order valence-corrected chi connectivity index (χ2v) is 24.3. The Morgan fingerprint density at radius 2 is 0.848 bits per heavy atom. The summed E-state index contributed by atoms with van der Waals surface area (Å²) in [5.41, 5.74) is 16.7. The normalized spacial score (nSPS) is 11.4. The van der Waals surface area contributed by atoms with Crippen LogP contribution in [0.15, 0.2) is 212 Å². The van der Waals surface area contributed by atoms with E-state index in [0.29, 0.717) is 45.5 Å².